The topological polar surface area (TPSA) is 62.2 Å². The van der Waals surface area contributed by atoms with Crippen molar-refractivity contribution >= 4 is 34.4 Å². The van der Waals surface area contributed by atoms with Crippen LogP contribution in [0, 0.1) is 0 Å². The van der Waals surface area contributed by atoms with Gasteiger partial charge in [0.2, 0.25) is 5.91 Å². The highest BCUT2D eigenvalue weighted by atomic mass is 32.2. The molecule has 1 aromatic carbocycles. The monoisotopic (exact) mass is 291 g/mol. The molecular weight excluding hydrogens is 278 g/mol. The van der Waals surface area contributed by atoms with E-state index in [2.05, 4.69) is 9.89 Å². The number of amidine groups is 1. The molecule has 0 spiro atoms. The van der Waals surface area contributed by atoms with E-state index in [1.165, 1.54) is 11.8 Å². The zero-order chi connectivity index (χ0) is 14.1. The molecule has 1 saturated heterocycles. The van der Waals surface area contributed by atoms with Gasteiger partial charge in [-0.05, 0) is 24.3 Å². The summed E-state index contributed by atoms with van der Waals surface area (Å²) < 4.78 is 5.13. The molecule has 0 unspecified atom stereocenters. The molecule has 2 amide bonds. The van der Waals surface area contributed by atoms with E-state index in [9.17, 15) is 9.59 Å². The number of carbonyl (C=O) groups excluding carboxylic acids is 2. The molecule has 3 rings (SSSR count). The first kappa shape index (κ1) is 13.0. The Morgan fingerprint density at radius 1 is 1.25 bits per heavy atom. The molecule has 6 nitrogen and oxygen atoms in total. The smallest absolute Gasteiger partial charge is 0.257 e. The standard InChI is InChI=1S/C13H13N3O3S/c1-19-10-4-2-9(3-5-10)15-7-16-12(18)6-11(17)14-13(16)20-8-15/h2-5H,6-8H2,1H3. The Bertz CT molecular complexity index is 585. The number of rotatable bonds is 2. The summed E-state index contributed by atoms with van der Waals surface area (Å²) in [5, 5.41) is 0.510. The maximum Gasteiger partial charge on any atom is 0.257 e. The van der Waals surface area contributed by atoms with Crippen molar-refractivity contribution in [2.75, 3.05) is 24.6 Å². The van der Waals surface area contributed by atoms with Crippen LogP contribution in [0.15, 0.2) is 29.3 Å². The maximum absolute atomic E-state index is 11.9. The number of hydrogen-bond donors (Lipinski definition) is 0. The summed E-state index contributed by atoms with van der Waals surface area (Å²) in [5.41, 5.74) is 1.00. The van der Waals surface area contributed by atoms with E-state index < -0.39 is 0 Å². The number of nitrogens with zero attached hydrogens (tertiary/aromatic N) is 3. The molecule has 0 radical (unpaired) electrons. The second-order valence-corrected chi connectivity index (χ2v) is 5.35. The van der Waals surface area contributed by atoms with Crippen molar-refractivity contribution in [3.63, 3.8) is 0 Å². The third-order valence-electron chi connectivity index (χ3n) is 3.15. The first-order chi connectivity index (χ1) is 9.67. The average Bonchev–Trinajstić information content (AvgIpc) is 2.47. The minimum absolute atomic E-state index is 0.138. The van der Waals surface area contributed by atoms with Gasteiger partial charge in [0.15, 0.2) is 5.17 Å². The Hall–Kier alpha value is -2.02. The average molecular weight is 291 g/mol. The summed E-state index contributed by atoms with van der Waals surface area (Å²) in [4.78, 5) is 30.7. The normalized spacial score (nSPS) is 18.8. The summed E-state index contributed by atoms with van der Waals surface area (Å²) >= 11 is 1.40. The molecule has 0 saturated carbocycles. The first-order valence-electron chi connectivity index (χ1n) is 6.11. The number of anilines is 1. The minimum Gasteiger partial charge on any atom is -0.497 e. The first-order valence-corrected chi connectivity index (χ1v) is 7.09. The van der Waals surface area contributed by atoms with Gasteiger partial charge in [-0.1, -0.05) is 11.8 Å². The molecule has 0 aromatic heterocycles. The third-order valence-corrected chi connectivity index (χ3v) is 4.16. The third kappa shape index (κ3) is 2.36. The highest BCUT2D eigenvalue weighted by molar-refractivity contribution is 8.14. The number of hydrogen-bond acceptors (Lipinski definition) is 5. The SMILES string of the molecule is COc1ccc(N2CSC3=NC(=O)CC(=O)N3C2)cc1. The van der Waals surface area contributed by atoms with Crippen molar-refractivity contribution in [1.82, 2.24) is 4.90 Å². The lowest BCUT2D eigenvalue weighted by Gasteiger charge is -2.38. The van der Waals surface area contributed by atoms with Gasteiger partial charge in [0.25, 0.3) is 5.91 Å². The molecule has 2 heterocycles. The lowest BCUT2D eigenvalue weighted by atomic mass is 10.3. The Kier molecular flexibility index (Phi) is 3.35. The van der Waals surface area contributed by atoms with Crippen molar-refractivity contribution < 1.29 is 14.3 Å². The predicted molar refractivity (Wildman–Crippen MR) is 76.7 cm³/mol. The molecule has 20 heavy (non-hydrogen) atoms. The lowest BCUT2D eigenvalue weighted by Crippen LogP contribution is -2.51. The van der Waals surface area contributed by atoms with Crippen LogP contribution in [0.5, 0.6) is 5.75 Å². The minimum atomic E-state index is -0.355. The van der Waals surface area contributed by atoms with Crippen LogP contribution in [0.25, 0.3) is 0 Å². The van der Waals surface area contributed by atoms with Crippen LogP contribution in [0.2, 0.25) is 0 Å². The van der Waals surface area contributed by atoms with Gasteiger partial charge in [0, 0.05) is 5.69 Å². The second-order valence-electron chi connectivity index (χ2n) is 4.44. The van der Waals surface area contributed by atoms with Gasteiger partial charge < -0.3 is 9.64 Å². The Labute approximate surface area is 120 Å². The van der Waals surface area contributed by atoms with Crippen LogP contribution < -0.4 is 9.64 Å². The van der Waals surface area contributed by atoms with Gasteiger partial charge in [-0.2, -0.15) is 4.99 Å². The number of aliphatic imine (C=N–C) groups is 1. The fourth-order valence-corrected chi connectivity index (χ4v) is 3.07. The molecule has 2 aliphatic heterocycles. The highest BCUT2D eigenvalue weighted by Crippen LogP contribution is 2.28. The van der Waals surface area contributed by atoms with Crippen molar-refractivity contribution in [3.05, 3.63) is 24.3 Å². The van der Waals surface area contributed by atoms with Crippen molar-refractivity contribution in [2.45, 2.75) is 6.42 Å². The van der Waals surface area contributed by atoms with E-state index in [0.29, 0.717) is 17.7 Å². The van der Waals surface area contributed by atoms with Crippen LogP contribution >= 0.6 is 11.8 Å². The molecule has 0 bridgehead atoms. The maximum atomic E-state index is 11.9. The van der Waals surface area contributed by atoms with Crippen LogP contribution in [0.3, 0.4) is 0 Å². The zero-order valence-electron chi connectivity index (χ0n) is 10.9. The van der Waals surface area contributed by atoms with Gasteiger partial charge in [0.1, 0.15) is 18.8 Å². The quantitative estimate of drug-likeness (QED) is 0.768. The molecule has 1 fully saturated rings. The molecule has 7 heteroatoms. The fraction of sp³-hybridized carbons (Fsp3) is 0.308. The van der Waals surface area contributed by atoms with E-state index in [4.69, 9.17) is 4.74 Å². The molecule has 0 atom stereocenters. The van der Waals surface area contributed by atoms with Crippen molar-refractivity contribution in [3.8, 4) is 5.75 Å². The Balaban J connectivity index is 1.79. The van der Waals surface area contributed by atoms with Crippen LogP contribution in [0.4, 0.5) is 5.69 Å². The summed E-state index contributed by atoms with van der Waals surface area (Å²) in [5.74, 6) is 0.903. The van der Waals surface area contributed by atoms with Gasteiger partial charge in [-0.3, -0.25) is 14.5 Å². The molecule has 0 N–H and O–H groups in total. The van der Waals surface area contributed by atoms with Crippen LogP contribution in [-0.4, -0.2) is 41.5 Å². The van der Waals surface area contributed by atoms with E-state index in [1.807, 2.05) is 24.3 Å². The Morgan fingerprint density at radius 3 is 2.70 bits per heavy atom. The lowest BCUT2D eigenvalue weighted by molar-refractivity contribution is -0.133. The van der Waals surface area contributed by atoms with Crippen molar-refractivity contribution in [1.29, 1.82) is 0 Å². The second kappa shape index (κ2) is 5.16. The van der Waals surface area contributed by atoms with Crippen molar-refractivity contribution in [2.24, 2.45) is 4.99 Å². The van der Waals surface area contributed by atoms with Gasteiger partial charge in [0.05, 0.1) is 13.0 Å². The van der Waals surface area contributed by atoms with Gasteiger partial charge in [-0.15, -0.1) is 0 Å². The molecule has 1 aromatic rings. The molecule has 2 aliphatic rings. The van der Waals surface area contributed by atoms with Crippen LogP contribution in [0.1, 0.15) is 6.42 Å². The largest absolute Gasteiger partial charge is 0.497 e. The van der Waals surface area contributed by atoms with Gasteiger partial charge in [-0.25, -0.2) is 0 Å². The van der Waals surface area contributed by atoms with Gasteiger partial charge >= 0.3 is 0 Å². The number of methoxy groups -OCH3 is 1. The Morgan fingerprint density at radius 2 is 2.00 bits per heavy atom. The number of fused-ring (bicyclic) bond motifs is 1. The number of ether oxygens (including phenoxy) is 1. The zero-order valence-corrected chi connectivity index (χ0v) is 11.7. The summed E-state index contributed by atoms with van der Waals surface area (Å²) in [6.45, 7) is 0.421. The van der Waals surface area contributed by atoms with E-state index in [1.54, 1.807) is 12.0 Å². The number of benzene rings is 1. The predicted octanol–water partition coefficient (Wildman–Crippen LogP) is 1.28. The molecular formula is C13H13N3O3S. The summed E-state index contributed by atoms with van der Waals surface area (Å²) in [7, 11) is 1.62. The number of thioether (sulfide) groups is 1. The molecule has 104 valence electrons. The molecule has 0 aliphatic carbocycles. The van der Waals surface area contributed by atoms with E-state index in [0.717, 1.165) is 11.4 Å². The van der Waals surface area contributed by atoms with E-state index in [-0.39, 0.29) is 18.2 Å². The van der Waals surface area contributed by atoms with Crippen LogP contribution in [-0.2, 0) is 9.59 Å². The highest BCUT2D eigenvalue weighted by Gasteiger charge is 2.33. The number of carbonyl (C=O) groups is 2. The van der Waals surface area contributed by atoms with E-state index >= 15 is 0 Å². The fourth-order valence-electron chi connectivity index (χ4n) is 2.08. The summed E-state index contributed by atoms with van der Waals surface area (Å²) in [6.07, 6.45) is -0.138. The summed E-state index contributed by atoms with van der Waals surface area (Å²) in [6, 6.07) is 7.65. The number of amides is 2.